The number of amides is 1. The topological polar surface area (TPSA) is 74.3 Å². The minimum atomic E-state index is -4.51. The summed E-state index contributed by atoms with van der Waals surface area (Å²) >= 11 is 0. The van der Waals surface area contributed by atoms with Crippen LogP contribution in [0.3, 0.4) is 0 Å². The third-order valence-corrected chi connectivity index (χ3v) is 4.78. The number of aliphatic hydroxyl groups is 1. The van der Waals surface area contributed by atoms with Crippen molar-refractivity contribution in [2.75, 3.05) is 13.2 Å². The molecule has 1 aliphatic carbocycles. The van der Waals surface area contributed by atoms with Crippen molar-refractivity contribution in [3.8, 4) is 0 Å². The minimum Gasteiger partial charge on any atom is -0.392 e. The van der Waals surface area contributed by atoms with Crippen LogP contribution >= 0.6 is 0 Å². The monoisotopic (exact) mass is 318 g/mol. The van der Waals surface area contributed by atoms with Crippen molar-refractivity contribution < 1.29 is 27.8 Å². The molecular weight excluding hydrogens is 301 g/mol. The van der Waals surface area contributed by atoms with Gasteiger partial charge in [0, 0.05) is 24.7 Å². The molecule has 1 saturated carbocycles. The molecule has 3 N–H and O–H groups in total. The Morgan fingerprint density at radius 2 is 2.05 bits per heavy atom. The summed E-state index contributed by atoms with van der Waals surface area (Å²) in [4.78, 5) is 14.2. The van der Waals surface area contributed by atoms with Gasteiger partial charge in [0.15, 0.2) is 0 Å². The van der Waals surface area contributed by atoms with Crippen molar-refractivity contribution in [3.63, 3.8) is 0 Å². The molecule has 2 heterocycles. The Bertz CT molecular complexity index is 564. The van der Waals surface area contributed by atoms with Crippen LogP contribution in [0, 0.1) is 5.41 Å². The van der Waals surface area contributed by atoms with Crippen molar-refractivity contribution in [3.05, 3.63) is 23.5 Å². The number of hydrogen-bond acceptors (Lipinski definition) is 3. The molecule has 1 aliphatic heterocycles. The Labute approximate surface area is 124 Å². The van der Waals surface area contributed by atoms with E-state index in [-0.39, 0.29) is 11.7 Å². The van der Waals surface area contributed by atoms with Crippen LogP contribution in [0.15, 0.2) is 12.1 Å². The molecule has 8 heteroatoms. The Kier molecular flexibility index (Phi) is 3.68. The summed E-state index contributed by atoms with van der Waals surface area (Å²) < 4.78 is 42.9. The first-order chi connectivity index (χ1) is 10.3. The number of aromatic amines is 1. The molecule has 2 fully saturated rings. The molecule has 2 aliphatic rings. The number of halogens is 3. The summed E-state index contributed by atoms with van der Waals surface area (Å²) in [5.41, 5.74) is -1.49. The largest absolute Gasteiger partial charge is 0.431 e. The van der Waals surface area contributed by atoms with Crippen LogP contribution in [-0.4, -0.2) is 41.4 Å². The van der Waals surface area contributed by atoms with Gasteiger partial charge in [-0.3, -0.25) is 4.79 Å². The highest BCUT2D eigenvalue weighted by Crippen LogP contribution is 2.49. The SMILES string of the molecule is O=C(N[C@@H]1C[C@@H](O)C12CCOCC2)c1ccc(C(F)(F)F)[nH]1. The van der Waals surface area contributed by atoms with Gasteiger partial charge in [0.2, 0.25) is 0 Å². The number of aliphatic hydroxyl groups excluding tert-OH is 1. The second-order valence-electron chi connectivity index (χ2n) is 5.91. The molecule has 0 radical (unpaired) electrons. The highest BCUT2D eigenvalue weighted by Gasteiger charge is 2.55. The fraction of sp³-hybridized carbons (Fsp3) is 0.643. The summed E-state index contributed by atoms with van der Waals surface area (Å²) in [5, 5.41) is 12.8. The lowest BCUT2D eigenvalue weighted by atomic mass is 9.58. The molecule has 0 aromatic carbocycles. The van der Waals surface area contributed by atoms with Crippen LogP contribution in [-0.2, 0) is 10.9 Å². The molecular formula is C14H17F3N2O3. The summed E-state index contributed by atoms with van der Waals surface area (Å²) in [6.45, 7) is 1.04. The van der Waals surface area contributed by atoms with Gasteiger partial charge in [-0.1, -0.05) is 0 Å². The zero-order valence-corrected chi connectivity index (χ0v) is 11.7. The van der Waals surface area contributed by atoms with Crippen LogP contribution < -0.4 is 5.32 Å². The van der Waals surface area contributed by atoms with Gasteiger partial charge >= 0.3 is 6.18 Å². The van der Waals surface area contributed by atoms with E-state index in [2.05, 4.69) is 10.3 Å². The molecule has 2 atom stereocenters. The first-order valence-electron chi connectivity index (χ1n) is 7.16. The number of rotatable bonds is 2. The van der Waals surface area contributed by atoms with E-state index in [4.69, 9.17) is 4.74 Å². The van der Waals surface area contributed by atoms with Crippen LogP contribution in [0.5, 0.6) is 0 Å². The first kappa shape index (κ1) is 15.4. The fourth-order valence-corrected chi connectivity index (χ4v) is 3.33. The van der Waals surface area contributed by atoms with E-state index in [0.717, 1.165) is 12.1 Å². The number of hydrogen-bond donors (Lipinski definition) is 3. The predicted octanol–water partition coefficient (Wildman–Crippen LogP) is 1.69. The third-order valence-electron chi connectivity index (χ3n) is 4.78. The van der Waals surface area contributed by atoms with Gasteiger partial charge < -0.3 is 20.1 Å². The highest BCUT2D eigenvalue weighted by molar-refractivity contribution is 5.92. The Hall–Kier alpha value is -1.54. The maximum absolute atomic E-state index is 12.5. The molecule has 1 aromatic heterocycles. The van der Waals surface area contributed by atoms with Crippen molar-refractivity contribution in [1.82, 2.24) is 10.3 Å². The van der Waals surface area contributed by atoms with E-state index in [1.165, 1.54) is 0 Å². The summed E-state index contributed by atoms with van der Waals surface area (Å²) in [6.07, 6.45) is -3.32. The molecule has 1 amide bonds. The second-order valence-corrected chi connectivity index (χ2v) is 5.91. The number of carbonyl (C=O) groups excluding carboxylic acids is 1. The number of nitrogens with one attached hydrogen (secondary N) is 2. The van der Waals surface area contributed by atoms with Crippen LogP contribution in [0.1, 0.15) is 35.4 Å². The summed E-state index contributed by atoms with van der Waals surface area (Å²) in [5.74, 6) is -0.585. The maximum atomic E-state index is 12.5. The summed E-state index contributed by atoms with van der Waals surface area (Å²) in [6, 6.07) is 1.72. The van der Waals surface area contributed by atoms with E-state index in [1.807, 2.05) is 0 Å². The third kappa shape index (κ3) is 2.50. The first-order valence-corrected chi connectivity index (χ1v) is 7.16. The van der Waals surface area contributed by atoms with Gasteiger partial charge in [-0.25, -0.2) is 0 Å². The maximum Gasteiger partial charge on any atom is 0.431 e. The van der Waals surface area contributed by atoms with E-state index >= 15 is 0 Å². The van der Waals surface area contributed by atoms with Crippen molar-refractivity contribution in [1.29, 1.82) is 0 Å². The lowest BCUT2D eigenvalue weighted by Gasteiger charge is -2.55. The van der Waals surface area contributed by atoms with E-state index in [1.54, 1.807) is 0 Å². The smallest absolute Gasteiger partial charge is 0.392 e. The normalized spacial score (nSPS) is 27.5. The highest BCUT2D eigenvalue weighted by atomic mass is 19.4. The number of aromatic nitrogens is 1. The number of alkyl halides is 3. The van der Waals surface area contributed by atoms with Crippen molar-refractivity contribution >= 4 is 5.91 Å². The average Bonchev–Trinajstić information content (AvgIpc) is 2.98. The van der Waals surface area contributed by atoms with Gasteiger partial charge in [0.1, 0.15) is 11.4 Å². The molecule has 0 unspecified atom stereocenters. The number of H-pyrrole nitrogens is 1. The number of ether oxygens (including phenoxy) is 1. The van der Waals surface area contributed by atoms with Crippen molar-refractivity contribution in [2.45, 2.75) is 37.6 Å². The lowest BCUT2D eigenvalue weighted by molar-refractivity contribution is -0.145. The van der Waals surface area contributed by atoms with Crippen LogP contribution in [0.2, 0.25) is 0 Å². The quantitative estimate of drug-likeness (QED) is 0.777. The molecule has 1 spiro atoms. The molecule has 22 heavy (non-hydrogen) atoms. The zero-order chi connectivity index (χ0) is 16.0. The van der Waals surface area contributed by atoms with E-state index < -0.39 is 29.3 Å². The van der Waals surface area contributed by atoms with Gasteiger partial charge in [-0.05, 0) is 31.4 Å². The molecule has 122 valence electrons. The Balaban J connectivity index is 1.68. The Morgan fingerprint density at radius 3 is 2.59 bits per heavy atom. The molecule has 1 aromatic rings. The lowest BCUT2D eigenvalue weighted by Crippen LogP contribution is -2.65. The second kappa shape index (κ2) is 5.27. The summed E-state index contributed by atoms with van der Waals surface area (Å²) in [7, 11) is 0. The Morgan fingerprint density at radius 1 is 1.36 bits per heavy atom. The van der Waals surface area contributed by atoms with Gasteiger partial charge in [0.05, 0.1) is 6.10 Å². The zero-order valence-electron chi connectivity index (χ0n) is 11.7. The van der Waals surface area contributed by atoms with Crippen LogP contribution in [0.25, 0.3) is 0 Å². The van der Waals surface area contributed by atoms with E-state index in [9.17, 15) is 23.1 Å². The fourth-order valence-electron chi connectivity index (χ4n) is 3.33. The molecule has 3 rings (SSSR count). The van der Waals surface area contributed by atoms with Gasteiger partial charge in [0.25, 0.3) is 5.91 Å². The van der Waals surface area contributed by atoms with Gasteiger partial charge in [-0.2, -0.15) is 13.2 Å². The predicted molar refractivity (Wildman–Crippen MR) is 70.2 cm³/mol. The molecule has 0 bridgehead atoms. The molecule has 1 saturated heterocycles. The average molecular weight is 318 g/mol. The van der Waals surface area contributed by atoms with Gasteiger partial charge in [-0.15, -0.1) is 0 Å². The van der Waals surface area contributed by atoms with E-state index in [0.29, 0.717) is 32.5 Å². The van der Waals surface area contributed by atoms with Crippen molar-refractivity contribution in [2.24, 2.45) is 5.41 Å². The molecule has 5 nitrogen and oxygen atoms in total. The minimum absolute atomic E-state index is 0.129. The number of carbonyl (C=O) groups is 1. The standard InChI is InChI=1S/C14H17F3N2O3/c15-14(16,17)9-2-1-8(18-9)12(21)19-10-7-11(20)13(10)3-5-22-6-4-13/h1-2,10-11,18,20H,3-7H2,(H,19,21)/t10-,11-/m1/s1. The van der Waals surface area contributed by atoms with Crippen LogP contribution in [0.4, 0.5) is 13.2 Å².